The quantitative estimate of drug-likeness (QED) is 0.0157. The van der Waals surface area contributed by atoms with Gasteiger partial charge in [-0.25, -0.2) is 24.4 Å². The van der Waals surface area contributed by atoms with Crippen molar-refractivity contribution in [1.29, 1.82) is 0 Å². The fourth-order valence-corrected chi connectivity index (χ4v) is 19.7. The fraction of sp³-hybridized carbons (Fsp3) is 0.500. The minimum absolute atomic E-state index is 0.00199. The first kappa shape index (κ1) is 81.5. The van der Waals surface area contributed by atoms with E-state index in [9.17, 15) is 74.2 Å². The highest BCUT2D eigenvalue weighted by Gasteiger charge is 2.66. The Bertz CT molecular complexity index is 4850. The number of thiazole rings is 1. The molecular weight excluding hydrogens is 1510 g/mol. The third-order valence-corrected chi connectivity index (χ3v) is 24.2. The number of likely N-dealkylation sites (tertiary alicyclic amines) is 1. The Morgan fingerprint density at radius 1 is 0.821 bits per heavy atom. The normalized spacial score (nSPS) is 22.4. The first-order valence-corrected chi connectivity index (χ1v) is 41.2. The number of aromatic carboxylic acids is 1. The molecule has 33 nitrogen and oxygen atoms in total. The van der Waals surface area contributed by atoms with Gasteiger partial charge in [0.1, 0.15) is 30.6 Å². The second-order valence-corrected chi connectivity index (χ2v) is 35.5. The number of carbonyl (C=O) groups excluding carboxylic acids is 8. The van der Waals surface area contributed by atoms with Crippen molar-refractivity contribution in [1.82, 2.24) is 50.4 Å². The molecule has 6 heterocycles. The average molecular weight is 1600 g/mol. The summed E-state index contributed by atoms with van der Waals surface area (Å²) >= 11 is 1.39. The Kier molecular flexibility index (Phi) is 24.3. The van der Waals surface area contributed by atoms with Gasteiger partial charge in [0.2, 0.25) is 29.5 Å². The summed E-state index contributed by atoms with van der Waals surface area (Å²) in [7, 11) is -8.92. The molecule has 36 heteroatoms. The topological polar surface area (TPSA) is 453 Å². The number of nitrogens with zero attached hydrogens (tertiary/aromatic N) is 8. The zero-order chi connectivity index (χ0) is 80.2. The standard InChI is InChI=1S/C76H94N14O19S3/c1-46(2)63(84-61(91)36-89-51(38-107-30-32-112(104,105)106)33-58(68(89)96)88-25-10-16-62(88)92)67(95)81-57(14-9-24-78-70(77)99)66(94)80-50-19-17-48(18-20-50)37-108-72(100)86(28-31-111(101,102)103)27-29-109-76-42-73(4)39-74(5,43-76)41-75(40-73,44-76)45-90-47(3)54(34-79-90)52-21-22-60(83-64(52)69(97)98)87-26-23-49-11-8-12-53(55(49)35-87)65(93)85-71-82-56-13-6-7-15-59(56)110-71/h6-8,10-13,15-22,34,46,51,57-58,63H,9,14,23-33,35-45H2,1-5H3,(H,80,94)(H,81,95)(H,84,91)(H,97,98)(H3,77,78,99)(H,82,85,93)(H,101,102,103)(H,104,105,106)/t51-,57-,58?,63-,73?,74?,75?,76?/m0/s1. The molecule has 4 aliphatic carbocycles. The van der Waals surface area contributed by atoms with Gasteiger partial charge in [-0.1, -0.05) is 81.5 Å². The molecule has 0 radical (unpaired) electrons. The van der Waals surface area contributed by atoms with Crippen LogP contribution in [0.15, 0.2) is 97.2 Å². The smallest absolute Gasteiger partial charge is 0.410 e. The monoisotopic (exact) mass is 1600 g/mol. The minimum Gasteiger partial charge on any atom is -0.476 e. The molecule has 600 valence electrons. The number of carboxylic acid groups (broad SMARTS) is 1. The van der Waals surface area contributed by atoms with Crippen LogP contribution in [0.2, 0.25) is 0 Å². The number of benzene rings is 3. The lowest BCUT2D eigenvalue weighted by molar-refractivity contribution is -0.248. The van der Waals surface area contributed by atoms with Crippen molar-refractivity contribution in [3.63, 3.8) is 0 Å². The van der Waals surface area contributed by atoms with E-state index in [2.05, 4.69) is 45.4 Å². The molecule has 0 spiro atoms. The number of rotatable bonds is 34. The Morgan fingerprint density at radius 3 is 2.25 bits per heavy atom. The van der Waals surface area contributed by atoms with Crippen LogP contribution >= 0.6 is 11.3 Å². The number of primary amides is 1. The number of hydrogen-bond acceptors (Lipinski definition) is 21. The first-order valence-electron chi connectivity index (χ1n) is 37.2. The number of carbonyl (C=O) groups is 9. The molecule has 4 bridgehead atoms. The maximum atomic E-state index is 14.1. The molecule has 10 N–H and O–H groups in total. The van der Waals surface area contributed by atoms with E-state index in [1.54, 1.807) is 50.4 Å². The molecule has 6 aromatic rings. The van der Waals surface area contributed by atoms with Gasteiger partial charge in [0.25, 0.3) is 26.1 Å². The van der Waals surface area contributed by atoms with Gasteiger partial charge in [-0.15, -0.1) is 0 Å². The van der Waals surface area contributed by atoms with Gasteiger partial charge >= 0.3 is 18.1 Å². The van der Waals surface area contributed by atoms with E-state index in [1.165, 1.54) is 39.3 Å². The van der Waals surface area contributed by atoms with Crippen LogP contribution in [0.1, 0.15) is 129 Å². The Morgan fingerprint density at radius 2 is 1.56 bits per heavy atom. The lowest BCUT2D eigenvalue weighted by Crippen LogP contribution is -2.64. The second kappa shape index (κ2) is 33.4. The number of urea groups is 1. The van der Waals surface area contributed by atoms with Crippen LogP contribution in [0.25, 0.3) is 21.3 Å². The summed E-state index contributed by atoms with van der Waals surface area (Å²) in [6.07, 6.45) is 9.30. The van der Waals surface area contributed by atoms with Crippen LogP contribution in [0.4, 0.5) is 26.2 Å². The molecule has 1 saturated heterocycles. The summed E-state index contributed by atoms with van der Waals surface area (Å²) in [6.45, 7) is 9.23. The second-order valence-electron chi connectivity index (χ2n) is 31.4. The molecule has 4 saturated carbocycles. The Balaban J connectivity index is 0.660. The highest BCUT2D eigenvalue weighted by Crippen LogP contribution is 2.72. The van der Waals surface area contributed by atoms with Gasteiger partial charge in [-0.2, -0.15) is 21.9 Å². The number of ether oxygens (including phenoxy) is 3. The number of carboxylic acids is 1. The number of aromatic nitrogens is 4. The minimum atomic E-state index is -4.55. The average Bonchev–Trinajstić information content (AvgIpc) is 1.00. The number of nitrogens with two attached hydrogens (primary N) is 1. The number of hydrogen-bond donors (Lipinski definition) is 9. The number of para-hydroxylation sites is 1. The summed E-state index contributed by atoms with van der Waals surface area (Å²) in [6, 6.07) is 17.9. The maximum Gasteiger partial charge on any atom is 0.410 e. The zero-order valence-electron chi connectivity index (χ0n) is 62.8. The Hall–Kier alpha value is -9.98. The van der Waals surface area contributed by atoms with Crippen LogP contribution in [0.3, 0.4) is 0 Å². The summed E-state index contributed by atoms with van der Waals surface area (Å²) < 4.78 is 87.2. The van der Waals surface area contributed by atoms with Gasteiger partial charge < -0.3 is 65.9 Å². The van der Waals surface area contributed by atoms with E-state index < -0.39 is 135 Å². The van der Waals surface area contributed by atoms with Gasteiger partial charge in [0, 0.05) is 80.0 Å². The SMILES string of the molecule is Cc1c(-c2ccc(N3CCc4cccc(C(=O)Nc5nc6ccccc6s5)c4C3)nc2C(=O)O)cnn1CC12CC3(C)CC(C)(C1)CC(OCCN(CCS(=O)(=O)O)C(=O)OCc1ccc(NC(=O)[C@H](CCCNC(N)=O)NC(=O)[C@@H](NC(=O)CN4C(=O)C(N5CC=CC5=O)C[C@H]4COCCS(=O)(=O)O)C(C)C)cc1)(C3)C2. The molecule has 13 rings (SSSR count). The highest BCUT2D eigenvalue weighted by molar-refractivity contribution is 7.86. The predicted octanol–water partition coefficient (Wildman–Crippen LogP) is 6.32. The van der Waals surface area contributed by atoms with Crippen molar-refractivity contribution in [2.24, 2.45) is 27.9 Å². The summed E-state index contributed by atoms with van der Waals surface area (Å²) in [5.74, 6) is -6.37. The maximum absolute atomic E-state index is 14.1. The molecule has 112 heavy (non-hydrogen) atoms. The van der Waals surface area contributed by atoms with E-state index in [4.69, 9.17) is 30.0 Å². The van der Waals surface area contributed by atoms with Gasteiger partial charge in [-0.3, -0.25) is 47.9 Å². The van der Waals surface area contributed by atoms with Crippen LogP contribution < -0.4 is 37.2 Å². The predicted molar refractivity (Wildman–Crippen MR) is 412 cm³/mol. The number of pyridine rings is 1. The van der Waals surface area contributed by atoms with E-state index in [0.717, 1.165) is 64.0 Å². The summed E-state index contributed by atoms with van der Waals surface area (Å²) in [5.41, 5.74) is 9.53. The molecule has 3 aromatic heterocycles. The zero-order valence-corrected chi connectivity index (χ0v) is 65.3. The van der Waals surface area contributed by atoms with E-state index in [1.807, 2.05) is 59.0 Å². The molecule has 3 aromatic carbocycles. The largest absolute Gasteiger partial charge is 0.476 e. The van der Waals surface area contributed by atoms with Crippen LogP contribution in [0, 0.1) is 29.1 Å². The lowest BCUT2D eigenvalue weighted by atomic mass is 9.39. The lowest BCUT2D eigenvalue weighted by Gasteiger charge is -2.69. The van der Waals surface area contributed by atoms with Crippen molar-refractivity contribution >= 4 is 112 Å². The van der Waals surface area contributed by atoms with E-state index in [0.29, 0.717) is 65.7 Å². The van der Waals surface area contributed by atoms with Crippen LogP contribution in [-0.2, 0) is 84.5 Å². The fourth-order valence-electron chi connectivity index (χ4n) is 18.0. The number of anilines is 3. The third kappa shape index (κ3) is 19.5. The highest BCUT2D eigenvalue weighted by atomic mass is 32.2. The number of amides is 9. The van der Waals surface area contributed by atoms with E-state index >= 15 is 0 Å². The van der Waals surface area contributed by atoms with Crippen molar-refractivity contribution < 1.29 is 88.4 Å². The van der Waals surface area contributed by atoms with Crippen molar-refractivity contribution in [3.8, 4) is 11.1 Å². The first-order chi connectivity index (χ1) is 53.0. The molecule has 7 aliphatic rings. The van der Waals surface area contributed by atoms with Gasteiger partial charge in [-0.05, 0) is 152 Å². The van der Waals surface area contributed by atoms with Crippen LogP contribution in [-0.4, -0.2) is 219 Å². The Labute approximate surface area is 651 Å². The molecule has 6 atom stereocenters. The van der Waals surface area contributed by atoms with Crippen molar-refractivity contribution in [3.05, 3.63) is 131 Å². The van der Waals surface area contributed by atoms with Gasteiger partial charge in [0.15, 0.2) is 10.8 Å². The molecule has 3 aliphatic heterocycles. The van der Waals surface area contributed by atoms with E-state index in [-0.39, 0.29) is 92.3 Å². The molecule has 9 amide bonds. The summed E-state index contributed by atoms with van der Waals surface area (Å²) in [5, 5.41) is 29.7. The number of nitrogens with one attached hydrogen (secondary N) is 5. The summed E-state index contributed by atoms with van der Waals surface area (Å²) in [4.78, 5) is 136. The number of fused-ring (bicyclic) bond motifs is 2. The molecular formula is C76H94N14O19S3. The third-order valence-electron chi connectivity index (χ3n) is 21.9. The van der Waals surface area contributed by atoms with Crippen molar-refractivity contribution in [2.75, 3.05) is 86.1 Å². The van der Waals surface area contributed by atoms with Crippen LogP contribution in [0.5, 0.6) is 0 Å². The van der Waals surface area contributed by atoms with Crippen molar-refractivity contribution in [2.45, 2.75) is 148 Å². The van der Waals surface area contributed by atoms with Gasteiger partial charge in [0.05, 0.1) is 65.9 Å². The molecule has 3 unspecified atom stereocenters. The molecule has 5 fully saturated rings.